The van der Waals surface area contributed by atoms with E-state index in [4.69, 9.17) is 28.4 Å². The zero-order valence-electron chi connectivity index (χ0n) is 36.8. The van der Waals surface area contributed by atoms with E-state index in [1.54, 1.807) is 0 Å². The number of aliphatic hydroxyl groups is 7. The van der Waals surface area contributed by atoms with Crippen LogP contribution in [0.4, 0.5) is 0 Å². The summed E-state index contributed by atoms with van der Waals surface area (Å²) in [4.78, 5) is 25.4. The normalized spacial score (nSPS) is 27.8. The van der Waals surface area contributed by atoms with Crippen LogP contribution in [0.15, 0.2) is 72.9 Å². The third-order valence-electron chi connectivity index (χ3n) is 10.2. The fourth-order valence-electron chi connectivity index (χ4n) is 6.48. The summed E-state index contributed by atoms with van der Waals surface area (Å²) in [7, 11) is 0. The third kappa shape index (κ3) is 23.0. The minimum absolute atomic E-state index is 0.0372. The number of rotatable bonds is 32. The second-order valence-electron chi connectivity index (χ2n) is 15.5. The van der Waals surface area contributed by atoms with Crippen LogP contribution in [0.1, 0.15) is 117 Å². The zero-order valence-corrected chi connectivity index (χ0v) is 36.8. The number of carbonyl (C=O) groups excluding carboxylic acids is 2. The lowest BCUT2D eigenvalue weighted by Gasteiger charge is -2.42. The second kappa shape index (κ2) is 34.4. The Balaban J connectivity index is 1.87. The van der Waals surface area contributed by atoms with E-state index < -0.39 is 99.3 Å². The molecule has 0 aromatic heterocycles. The lowest BCUT2D eigenvalue weighted by molar-refractivity contribution is -0.332. The van der Waals surface area contributed by atoms with Gasteiger partial charge in [0.15, 0.2) is 18.7 Å². The largest absolute Gasteiger partial charge is 0.462 e. The molecule has 0 radical (unpaired) electrons. The fraction of sp³-hybridized carbons (Fsp3) is 0.702. The molecule has 2 fully saturated rings. The van der Waals surface area contributed by atoms with E-state index in [1.165, 1.54) is 6.42 Å². The van der Waals surface area contributed by atoms with Gasteiger partial charge in [-0.05, 0) is 51.4 Å². The maximum Gasteiger partial charge on any atom is 0.306 e. The smallest absolute Gasteiger partial charge is 0.306 e. The van der Waals surface area contributed by atoms with Gasteiger partial charge in [0.2, 0.25) is 0 Å². The first-order valence-electron chi connectivity index (χ1n) is 22.5. The Hall–Kier alpha value is -3.06. The van der Waals surface area contributed by atoms with Crippen LogP contribution in [0.5, 0.6) is 0 Å². The number of hydrogen-bond donors (Lipinski definition) is 7. The molecule has 11 atom stereocenters. The van der Waals surface area contributed by atoms with E-state index >= 15 is 0 Å². The van der Waals surface area contributed by atoms with Gasteiger partial charge in [0.05, 0.1) is 19.8 Å². The van der Waals surface area contributed by atoms with Gasteiger partial charge in [-0.3, -0.25) is 9.59 Å². The van der Waals surface area contributed by atoms with E-state index in [1.807, 2.05) is 18.2 Å². The van der Waals surface area contributed by atoms with Crippen LogP contribution in [-0.2, 0) is 38.0 Å². The molecule has 62 heavy (non-hydrogen) atoms. The van der Waals surface area contributed by atoms with Crippen LogP contribution in [0.2, 0.25) is 0 Å². The molecule has 0 bridgehead atoms. The average Bonchev–Trinajstić information content (AvgIpc) is 3.26. The highest BCUT2D eigenvalue weighted by Gasteiger charge is 2.47. The van der Waals surface area contributed by atoms with Crippen molar-refractivity contribution in [2.45, 2.75) is 184 Å². The van der Waals surface area contributed by atoms with Gasteiger partial charge in [-0.1, -0.05) is 125 Å². The highest BCUT2D eigenvalue weighted by Crippen LogP contribution is 2.26. The van der Waals surface area contributed by atoms with E-state index in [2.05, 4.69) is 68.5 Å². The van der Waals surface area contributed by atoms with Crippen molar-refractivity contribution >= 4 is 11.9 Å². The van der Waals surface area contributed by atoms with E-state index in [9.17, 15) is 45.3 Å². The minimum atomic E-state index is -1.78. The van der Waals surface area contributed by atoms with Crippen molar-refractivity contribution in [2.24, 2.45) is 0 Å². The van der Waals surface area contributed by atoms with E-state index in [-0.39, 0.29) is 19.4 Å². The molecule has 15 nitrogen and oxygen atoms in total. The summed E-state index contributed by atoms with van der Waals surface area (Å²) in [6, 6.07) is 0. The lowest BCUT2D eigenvalue weighted by atomic mass is 9.98. The van der Waals surface area contributed by atoms with Crippen LogP contribution in [-0.4, -0.2) is 142 Å². The fourth-order valence-corrected chi connectivity index (χ4v) is 6.48. The molecule has 2 aliphatic heterocycles. The van der Waals surface area contributed by atoms with Gasteiger partial charge < -0.3 is 64.2 Å². The van der Waals surface area contributed by atoms with Gasteiger partial charge in [0.25, 0.3) is 0 Å². The van der Waals surface area contributed by atoms with Crippen molar-refractivity contribution in [1.82, 2.24) is 0 Å². The van der Waals surface area contributed by atoms with Crippen LogP contribution < -0.4 is 0 Å². The number of unbranched alkanes of at least 4 members (excludes halogenated alkanes) is 6. The summed E-state index contributed by atoms with van der Waals surface area (Å²) >= 11 is 0. The first-order valence-corrected chi connectivity index (χ1v) is 22.5. The van der Waals surface area contributed by atoms with Crippen LogP contribution >= 0.6 is 0 Å². The Bertz CT molecular complexity index is 1360. The second-order valence-corrected chi connectivity index (χ2v) is 15.5. The lowest BCUT2D eigenvalue weighted by Crippen LogP contribution is -2.61. The molecule has 0 saturated carbocycles. The Morgan fingerprint density at radius 2 is 1.02 bits per heavy atom. The highest BCUT2D eigenvalue weighted by molar-refractivity contribution is 5.70. The standard InChI is InChI=1S/C47H76O15/c1-3-5-7-9-11-12-13-14-15-16-17-18-19-20-21-22-24-26-28-30-39(50)60-35(32-57-38(49)29-27-25-23-10-8-6-4-2)33-58-46-45(56)43(54)41(52)37(62-46)34-59-47-44(55)42(53)40(51)36(31-48)61-47/h5,7,11-12,14-15,17-18,20-21,24,26,35-37,40-48,51-56H,3-4,6,8-10,13,16,19,22-23,25,27-34H2,1-2H3/b7-5+,12-11+,15-14+,18-17+,21-20+,26-24+/t35-,36+,37+,40-,41-,42?,43?,44?,45?,46+,47+/m1/s1. The third-order valence-corrected chi connectivity index (χ3v) is 10.2. The number of esters is 2. The number of ether oxygens (including phenoxy) is 6. The molecular weight excluding hydrogens is 805 g/mol. The number of aliphatic hydroxyl groups excluding tert-OH is 7. The molecular formula is C47H76O15. The molecule has 4 unspecified atom stereocenters. The molecule has 15 heteroatoms. The highest BCUT2D eigenvalue weighted by atomic mass is 16.7. The van der Waals surface area contributed by atoms with Crippen molar-refractivity contribution in [2.75, 3.05) is 26.4 Å². The molecule has 0 aliphatic carbocycles. The van der Waals surface area contributed by atoms with Crippen LogP contribution in [0.3, 0.4) is 0 Å². The maximum atomic E-state index is 12.9. The quantitative estimate of drug-likeness (QED) is 0.0276. The summed E-state index contributed by atoms with van der Waals surface area (Å²) in [5.41, 5.74) is 0. The van der Waals surface area contributed by atoms with Gasteiger partial charge in [0, 0.05) is 12.8 Å². The van der Waals surface area contributed by atoms with Crippen molar-refractivity contribution in [3.05, 3.63) is 72.9 Å². The molecule has 354 valence electrons. The molecule has 7 N–H and O–H groups in total. The molecule has 0 aromatic carbocycles. The Morgan fingerprint density at radius 1 is 0.532 bits per heavy atom. The van der Waals surface area contributed by atoms with Gasteiger partial charge in [-0.15, -0.1) is 0 Å². The number of carbonyl (C=O) groups is 2. The zero-order chi connectivity index (χ0) is 45.4. The molecule has 2 rings (SSSR count). The van der Waals surface area contributed by atoms with Gasteiger partial charge >= 0.3 is 11.9 Å². The summed E-state index contributed by atoms with van der Waals surface area (Å²) in [5.74, 6) is -1.04. The van der Waals surface area contributed by atoms with E-state index in [0.717, 1.165) is 64.2 Å². The maximum absolute atomic E-state index is 12.9. The predicted octanol–water partition coefficient (Wildman–Crippen LogP) is 4.70. The first kappa shape index (κ1) is 55.1. The van der Waals surface area contributed by atoms with Crippen molar-refractivity contribution < 1.29 is 73.8 Å². The summed E-state index contributed by atoms with van der Waals surface area (Å²) in [5, 5.41) is 71.7. The molecule has 2 saturated heterocycles. The summed E-state index contributed by atoms with van der Waals surface area (Å²) < 4.78 is 33.2. The van der Waals surface area contributed by atoms with Crippen molar-refractivity contribution in [3.63, 3.8) is 0 Å². The van der Waals surface area contributed by atoms with Gasteiger partial charge in [-0.2, -0.15) is 0 Å². The Kier molecular flexibility index (Phi) is 30.5. The van der Waals surface area contributed by atoms with Crippen molar-refractivity contribution in [1.29, 1.82) is 0 Å². The first-order chi connectivity index (χ1) is 30.0. The molecule has 0 amide bonds. The molecule has 2 heterocycles. The predicted molar refractivity (Wildman–Crippen MR) is 233 cm³/mol. The van der Waals surface area contributed by atoms with Crippen LogP contribution in [0, 0.1) is 0 Å². The summed E-state index contributed by atoms with van der Waals surface area (Å²) in [6.07, 6.45) is 21.3. The molecule has 2 aliphatic rings. The minimum Gasteiger partial charge on any atom is -0.462 e. The Labute approximate surface area is 368 Å². The SMILES string of the molecule is CC/C=C/C/C=C/C/C=C/C/C=C/C/C=C/C/C=C/CCC(=O)O[C@H](COC(=O)CCCCCCCCC)CO[C@H]1O[C@@H](CO[C@H]2O[C@@H](CO)[C@@H](O)C(O)C2O)[C@@H](O)C(O)C1O. The van der Waals surface area contributed by atoms with E-state index in [0.29, 0.717) is 19.3 Å². The Morgan fingerprint density at radius 3 is 1.56 bits per heavy atom. The average molecular weight is 881 g/mol. The topological polar surface area (TPSA) is 231 Å². The monoisotopic (exact) mass is 881 g/mol. The van der Waals surface area contributed by atoms with Crippen molar-refractivity contribution in [3.8, 4) is 0 Å². The number of hydrogen-bond acceptors (Lipinski definition) is 15. The molecule has 0 spiro atoms. The number of allylic oxidation sites excluding steroid dienone is 12. The van der Waals surface area contributed by atoms with Crippen LogP contribution in [0.25, 0.3) is 0 Å². The van der Waals surface area contributed by atoms with Gasteiger partial charge in [0.1, 0.15) is 55.4 Å². The molecule has 0 aromatic rings. The summed E-state index contributed by atoms with van der Waals surface area (Å²) in [6.45, 7) is 2.30. The van der Waals surface area contributed by atoms with Gasteiger partial charge in [-0.25, -0.2) is 0 Å².